The Morgan fingerprint density at radius 3 is 3.04 bits per heavy atom. The molecule has 0 aromatic carbocycles. The molecular formula is C16H16ClN5O2S. The van der Waals surface area contributed by atoms with Gasteiger partial charge in [-0.3, -0.25) is 19.0 Å². The van der Waals surface area contributed by atoms with E-state index in [1.807, 2.05) is 12.1 Å². The number of rotatable bonds is 2. The fourth-order valence-electron chi connectivity index (χ4n) is 2.94. The van der Waals surface area contributed by atoms with Gasteiger partial charge in [0.2, 0.25) is 0 Å². The second-order valence-corrected chi connectivity index (χ2v) is 6.41. The van der Waals surface area contributed by atoms with Crippen LogP contribution in [-0.4, -0.2) is 44.8 Å². The Morgan fingerprint density at radius 2 is 2.24 bits per heavy atom. The number of carbonyl (C=O) groups excluding carboxylic acids is 1. The van der Waals surface area contributed by atoms with E-state index in [1.54, 1.807) is 28.9 Å². The first kappa shape index (κ1) is 17.5. The third-order valence-corrected chi connectivity index (χ3v) is 4.92. The number of nitrogens with zero attached hydrogens (tertiary/aromatic N) is 4. The van der Waals surface area contributed by atoms with Crippen LogP contribution in [0.15, 0.2) is 47.1 Å². The molecule has 0 saturated carbocycles. The van der Waals surface area contributed by atoms with Crippen molar-refractivity contribution in [3.63, 3.8) is 0 Å². The quantitative estimate of drug-likeness (QED) is 0.729. The summed E-state index contributed by atoms with van der Waals surface area (Å²) in [5, 5.41) is 5.07. The molecule has 3 aromatic heterocycles. The summed E-state index contributed by atoms with van der Waals surface area (Å²) in [5.41, 5.74) is 0.721. The van der Waals surface area contributed by atoms with E-state index in [4.69, 9.17) is 0 Å². The summed E-state index contributed by atoms with van der Waals surface area (Å²) < 4.78 is 1.42. The monoisotopic (exact) mass is 377 g/mol. The number of amides is 1. The number of nitrogens with one attached hydrogen (secondary N) is 1. The highest BCUT2D eigenvalue weighted by Gasteiger charge is 2.30. The number of halogens is 1. The van der Waals surface area contributed by atoms with Gasteiger partial charge in [0.25, 0.3) is 11.5 Å². The Labute approximate surface area is 153 Å². The first-order valence-electron chi connectivity index (χ1n) is 7.62. The average Bonchev–Trinajstić information content (AvgIpc) is 3.12. The minimum absolute atomic E-state index is 0. The maximum atomic E-state index is 13.0. The molecule has 0 radical (unpaired) electrons. The summed E-state index contributed by atoms with van der Waals surface area (Å²) in [6.07, 6.45) is 6.49. The van der Waals surface area contributed by atoms with Gasteiger partial charge >= 0.3 is 0 Å². The third-order valence-electron chi connectivity index (χ3n) is 4.15. The number of hydrogen-bond donors (Lipinski definition) is 1. The molecule has 130 valence electrons. The minimum Gasteiger partial charge on any atom is -0.329 e. The lowest BCUT2D eigenvalue weighted by atomic mass is 10.0. The molecule has 1 aliphatic rings. The second kappa shape index (κ2) is 7.30. The van der Waals surface area contributed by atoms with Crippen molar-refractivity contribution in [2.45, 2.75) is 6.04 Å². The van der Waals surface area contributed by atoms with Gasteiger partial charge in [-0.25, -0.2) is 4.98 Å². The van der Waals surface area contributed by atoms with Crippen molar-refractivity contribution in [1.29, 1.82) is 0 Å². The Balaban J connectivity index is 0.00000182. The lowest BCUT2D eigenvalue weighted by Crippen LogP contribution is -2.49. The van der Waals surface area contributed by atoms with Gasteiger partial charge < -0.3 is 10.2 Å². The van der Waals surface area contributed by atoms with E-state index >= 15 is 0 Å². The number of fused-ring (bicyclic) bond motifs is 1. The normalized spacial score (nSPS) is 17.3. The van der Waals surface area contributed by atoms with Gasteiger partial charge in [-0.05, 0) is 11.6 Å². The molecule has 1 fully saturated rings. The molecule has 3 aromatic rings. The summed E-state index contributed by atoms with van der Waals surface area (Å²) in [5.74, 6) is -0.288. The van der Waals surface area contributed by atoms with Crippen LogP contribution < -0.4 is 10.9 Å². The Kier molecular flexibility index (Phi) is 5.12. The summed E-state index contributed by atoms with van der Waals surface area (Å²) in [4.78, 5) is 36.2. The molecule has 9 heteroatoms. The fraction of sp³-hybridized carbons (Fsp3) is 0.250. The van der Waals surface area contributed by atoms with Gasteiger partial charge in [-0.15, -0.1) is 23.7 Å². The first-order chi connectivity index (χ1) is 11.8. The predicted molar refractivity (Wildman–Crippen MR) is 97.5 cm³/mol. The van der Waals surface area contributed by atoms with Gasteiger partial charge in [0.1, 0.15) is 5.56 Å². The van der Waals surface area contributed by atoms with Crippen LogP contribution in [0, 0.1) is 0 Å². The molecule has 7 nitrogen and oxygen atoms in total. The number of aromatic nitrogens is 3. The van der Waals surface area contributed by atoms with Crippen molar-refractivity contribution in [2.75, 3.05) is 19.6 Å². The Bertz CT molecular complexity index is 942. The first-order valence-corrected chi connectivity index (χ1v) is 8.50. The highest BCUT2D eigenvalue weighted by Crippen LogP contribution is 2.23. The van der Waals surface area contributed by atoms with Crippen molar-refractivity contribution in [3.8, 4) is 0 Å². The van der Waals surface area contributed by atoms with Crippen molar-refractivity contribution in [1.82, 2.24) is 24.6 Å². The maximum Gasteiger partial charge on any atom is 0.271 e. The minimum atomic E-state index is -0.324. The van der Waals surface area contributed by atoms with E-state index in [0.717, 1.165) is 5.56 Å². The Morgan fingerprint density at radius 1 is 1.36 bits per heavy atom. The molecule has 4 rings (SSSR count). The van der Waals surface area contributed by atoms with Crippen molar-refractivity contribution < 1.29 is 4.79 Å². The van der Waals surface area contributed by atoms with Crippen LogP contribution >= 0.6 is 23.7 Å². The SMILES string of the molecule is Cl.O=C(c1cnc2sccn2c1=O)N1CCNCC1c1cccnc1. The van der Waals surface area contributed by atoms with E-state index < -0.39 is 0 Å². The van der Waals surface area contributed by atoms with Crippen molar-refractivity contribution in [3.05, 3.63) is 63.8 Å². The smallest absolute Gasteiger partial charge is 0.271 e. The topological polar surface area (TPSA) is 79.6 Å². The molecule has 1 aliphatic heterocycles. The second-order valence-electron chi connectivity index (χ2n) is 5.54. The van der Waals surface area contributed by atoms with Crippen molar-refractivity contribution in [2.24, 2.45) is 0 Å². The highest BCUT2D eigenvalue weighted by molar-refractivity contribution is 7.15. The fourth-order valence-corrected chi connectivity index (χ4v) is 3.62. The number of pyridine rings is 1. The van der Waals surface area contributed by atoms with Crippen LogP contribution in [0.1, 0.15) is 22.0 Å². The van der Waals surface area contributed by atoms with Crippen LogP contribution in [0.25, 0.3) is 4.96 Å². The lowest BCUT2D eigenvalue weighted by molar-refractivity contribution is 0.0631. The molecular weight excluding hydrogens is 362 g/mol. The molecule has 1 saturated heterocycles. The van der Waals surface area contributed by atoms with Crippen molar-refractivity contribution >= 4 is 34.6 Å². The molecule has 1 amide bonds. The molecule has 0 aliphatic carbocycles. The molecule has 0 bridgehead atoms. The number of hydrogen-bond acceptors (Lipinski definition) is 6. The van der Waals surface area contributed by atoms with Crippen LogP contribution in [0.3, 0.4) is 0 Å². The average molecular weight is 378 g/mol. The van der Waals surface area contributed by atoms with E-state index in [9.17, 15) is 9.59 Å². The van der Waals surface area contributed by atoms with Crippen LogP contribution in [0.4, 0.5) is 0 Å². The van der Waals surface area contributed by atoms with Gasteiger partial charge in [0.05, 0.1) is 6.04 Å². The van der Waals surface area contributed by atoms with Crippen LogP contribution in [0.2, 0.25) is 0 Å². The molecule has 1 atom stereocenters. The number of carbonyl (C=O) groups is 1. The maximum absolute atomic E-state index is 13.0. The van der Waals surface area contributed by atoms with E-state index in [1.165, 1.54) is 21.9 Å². The summed E-state index contributed by atoms with van der Waals surface area (Å²) in [7, 11) is 0. The van der Waals surface area contributed by atoms with E-state index in [2.05, 4.69) is 15.3 Å². The Hall–Kier alpha value is -2.29. The van der Waals surface area contributed by atoms with Gasteiger partial charge in [-0.2, -0.15) is 0 Å². The highest BCUT2D eigenvalue weighted by atomic mass is 35.5. The molecule has 4 heterocycles. The van der Waals surface area contributed by atoms with Crippen LogP contribution in [-0.2, 0) is 0 Å². The molecule has 1 N–H and O–H groups in total. The van der Waals surface area contributed by atoms with Gasteiger partial charge in [0.15, 0.2) is 4.96 Å². The molecule has 1 unspecified atom stereocenters. The zero-order valence-electron chi connectivity index (χ0n) is 13.2. The largest absolute Gasteiger partial charge is 0.329 e. The predicted octanol–water partition coefficient (Wildman–Crippen LogP) is 1.36. The van der Waals surface area contributed by atoms with Gasteiger partial charge in [0, 0.05) is 49.8 Å². The molecule has 25 heavy (non-hydrogen) atoms. The lowest BCUT2D eigenvalue weighted by Gasteiger charge is -2.36. The number of piperazine rings is 1. The zero-order valence-corrected chi connectivity index (χ0v) is 14.8. The summed E-state index contributed by atoms with van der Waals surface area (Å²) in [6.45, 7) is 1.86. The zero-order chi connectivity index (χ0) is 16.5. The number of thiazole rings is 1. The van der Waals surface area contributed by atoms with Gasteiger partial charge in [-0.1, -0.05) is 6.07 Å². The van der Waals surface area contributed by atoms with E-state index in [0.29, 0.717) is 24.6 Å². The standard InChI is InChI=1S/C16H15N5O2S.ClH/c22-14(12-9-19-16-21(15(12)23)6-7-24-16)20-5-4-18-10-13(20)11-2-1-3-17-8-11;/h1-3,6-9,13,18H,4-5,10H2;1H. The molecule has 0 spiro atoms. The summed E-state index contributed by atoms with van der Waals surface area (Å²) >= 11 is 1.36. The summed E-state index contributed by atoms with van der Waals surface area (Å²) in [6, 6.07) is 3.64. The van der Waals surface area contributed by atoms with Crippen LogP contribution in [0.5, 0.6) is 0 Å². The third kappa shape index (κ3) is 3.15. The van der Waals surface area contributed by atoms with E-state index in [-0.39, 0.29) is 35.5 Å².